The van der Waals surface area contributed by atoms with Gasteiger partial charge in [0.2, 0.25) is 0 Å². The smallest absolute Gasteiger partial charge is 0.151 e. The summed E-state index contributed by atoms with van der Waals surface area (Å²) >= 11 is 0. The van der Waals surface area contributed by atoms with Gasteiger partial charge in [0.25, 0.3) is 0 Å². The Bertz CT molecular complexity index is 526. The van der Waals surface area contributed by atoms with E-state index in [0.29, 0.717) is 6.04 Å². The van der Waals surface area contributed by atoms with Gasteiger partial charge in [-0.1, -0.05) is 0 Å². The topological polar surface area (TPSA) is 50.1 Å². The molecule has 1 fully saturated rings. The van der Waals surface area contributed by atoms with Crippen molar-refractivity contribution in [3.8, 4) is 0 Å². The number of aromatic nitrogens is 4. The van der Waals surface area contributed by atoms with Crippen LogP contribution < -0.4 is 4.90 Å². The maximum atomic E-state index is 4.25. The Kier molecular flexibility index (Phi) is 4.45. The second kappa shape index (κ2) is 6.67. The fourth-order valence-electron chi connectivity index (χ4n) is 2.93. The normalized spacial score (nSPS) is 18.6. The fourth-order valence-corrected chi connectivity index (χ4v) is 2.93. The van der Waals surface area contributed by atoms with E-state index in [-0.39, 0.29) is 0 Å². The van der Waals surface area contributed by atoms with Crippen molar-refractivity contribution in [3.05, 3.63) is 36.8 Å². The molecule has 6 nitrogen and oxygen atoms in total. The maximum absolute atomic E-state index is 4.25. The van der Waals surface area contributed by atoms with Crippen LogP contribution in [0.3, 0.4) is 0 Å². The van der Waals surface area contributed by atoms with Gasteiger partial charge in [0.15, 0.2) is 5.82 Å². The van der Waals surface area contributed by atoms with E-state index < -0.39 is 0 Å². The van der Waals surface area contributed by atoms with Crippen molar-refractivity contribution in [2.24, 2.45) is 0 Å². The van der Waals surface area contributed by atoms with Crippen molar-refractivity contribution in [2.75, 3.05) is 31.6 Å². The van der Waals surface area contributed by atoms with Crippen LogP contribution in [0.15, 0.2) is 36.8 Å². The van der Waals surface area contributed by atoms with Crippen molar-refractivity contribution >= 4 is 5.82 Å². The summed E-state index contributed by atoms with van der Waals surface area (Å²) in [5, 5.41) is 12.5. The van der Waals surface area contributed by atoms with E-state index in [9.17, 15) is 0 Å². The van der Waals surface area contributed by atoms with E-state index in [4.69, 9.17) is 0 Å². The van der Waals surface area contributed by atoms with E-state index in [0.717, 1.165) is 32.0 Å². The summed E-state index contributed by atoms with van der Waals surface area (Å²) in [7, 11) is 2.18. The van der Waals surface area contributed by atoms with Crippen LogP contribution in [0, 0.1) is 0 Å². The Balaban J connectivity index is 1.53. The van der Waals surface area contributed by atoms with Crippen LogP contribution in [0.4, 0.5) is 5.82 Å². The first-order valence-electron chi connectivity index (χ1n) is 7.53. The van der Waals surface area contributed by atoms with E-state index in [1.54, 1.807) is 6.20 Å². The molecule has 1 saturated heterocycles. The van der Waals surface area contributed by atoms with Crippen molar-refractivity contribution in [1.29, 1.82) is 0 Å². The summed E-state index contributed by atoms with van der Waals surface area (Å²) in [5.74, 6) is 1.00. The molecule has 0 bridgehead atoms. The number of hydrogen-bond donors (Lipinski definition) is 0. The zero-order chi connectivity index (χ0) is 14.5. The van der Waals surface area contributed by atoms with Gasteiger partial charge in [0.1, 0.15) is 0 Å². The van der Waals surface area contributed by atoms with Crippen LogP contribution in [0.1, 0.15) is 12.8 Å². The zero-order valence-corrected chi connectivity index (χ0v) is 12.5. The van der Waals surface area contributed by atoms with Crippen LogP contribution in [0.25, 0.3) is 0 Å². The highest BCUT2D eigenvalue weighted by molar-refractivity contribution is 5.39. The molecule has 0 N–H and O–H groups in total. The second-order valence-electron chi connectivity index (χ2n) is 5.60. The van der Waals surface area contributed by atoms with E-state index in [2.05, 4.69) is 38.2 Å². The molecule has 0 amide bonds. The van der Waals surface area contributed by atoms with Crippen LogP contribution in [0.5, 0.6) is 0 Å². The van der Waals surface area contributed by atoms with E-state index >= 15 is 0 Å². The van der Waals surface area contributed by atoms with Crippen LogP contribution in [0.2, 0.25) is 0 Å². The Morgan fingerprint density at radius 3 is 3.05 bits per heavy atom. The van der Waals surface area contributed by atoms with Crippen LogP contribution in [-0.2, 0) is 6.54 Å². The number of nitrogens with zero attached hydrogens (tertiary/aromatic N) is 6. The predicted molar refractivity (Wildman–Crippen MR) is 82.1 cm³/mol. The lowest BCUT2D eigenvalue weighted by atomic mass is 10.2. The Morgan fingerprint density at radius 1 is 1.33 bits per heavy atom. The molecule has 1 aliphatic rings. The molecule has 0 unspecified atom stereocenters. The Morgan fingerprint density at radius 2 is 2.29 bits per heavy atom. The van der Waals surface area contributed by atoms with Gasteiger partial charge in [-0.15, -0.1) is 5.10 Å². The van der Waals surface area contributed by atoms with Gasteiger partial charge in [0.05, 0.1) is 6.54 Å². The first-order chi connectivity index (χ1) is 10.3. The molecule has 3 rings (SSSR count). The van der Waals surface area contributed by atoms with Crippen LogP contribution in [-0.4, -0.2) is 57.6 Å². The minimum atomic E-state index is 0.532. The standard InChI is InChI=1S/C15H22N6/c1-19(11-12-20-9-4-8-17-20)13-14-5-3-10-21(14)15-6-2-7-16-18-15/h2,4,6-9,14H,3,5,10-13H2,1H3/t14-/m0/s1. The monoisotopic (exact) mass is 286 g/mol. The minimum Gasteiger partial charge on any atom is -0.351 e. The molecular formula is C15H22N6. The fraction of sp³-hybridized carbons (Fsp3) is 0.533. The van der Waals surface area contributed by atoms with E-state index in [1.807, 2.05) is 29.2 Å². The number of likely N-dealkylation sites (N-methyl/N-ethyl adjacent to an activating group) is 1. The summed E-state index contributed by atoms with van der Waals surface area (Å²) in [6.07, 6.45) is 8.02. The van der Waals surface area contributed by atoms with Gasteiger partial charge < -0.3 is 9.80 Å². The van der Waals surface area contributed by atoms with Crippen molar-refractivity contribution in [1.82, 2.24) is 24.9 Å². The number of anilines is 1. The quantitative estimate of drug-likeness (QED) is 0.800. The predicted octanol–water partition coefficient (Wildman–Crippen LogP) is 1.27. The number of hydrogen-bond acceptors (Lipinski definition) is 5. The van der Waals surface area contributed by atoms with E-state index in [1.165, 1.54) is 12.8 Å². The van der Waals surface area contributed by atoms with Gasteiger partial charge in [-0.2, -0.15) is 10.2 Å². The molecule has 0 saturated carbocycles. The summed E-state index contributed by atoms with van der Waals surface area (Å²) in [5.41, 5.74) is 0. The highest BCUT2D eigenvalue weighted by atomic mass is 15.3. The largest absolute Gasteiger partial charge is 0.351 e. The molecule has 3 heterocycles. The molecule has 0 aliphatic carbocycles. The molecule has 6 heteroatoms. The lowest BCUT2D eigenvalue weighted by Gasteiger charge is -2.29. The average Bonchev–Trinajstić information content (AvgIpc) is 3.17. The summed E-state index contributed by atoms with van der Waals surface area (Å²) in [4.78, 5) is 4.76. The number of rotatable bonds is 6. The Labute approximate surface area is 125 Å². The molecule has 0 aromatic carbocycles. The second-order valence-corrected chi connectivity index (χ2v) is 5.60. The van der Waals surface area contributed by atoms with Gasteiger partial charge in [0, 0.05) is 44.3 Å². The molecule has 0 spiro atoms. The Hall–Kier alpha value is -1.95. The maximum Gasteiger partial charge on any atom is 0.151 e. The molecule has 1 aliphatic heterocycles. The lowest BCUT2D eigenvalue weighted by molar-refractivity contribution is 0.292. The SMILES string of the molecule is CN(CCn1cccn1)C[C@@H]1CCCN1c1cccnn1. The van der Waals surface area contributed by atoms with Gasteiger partial charge >= 0.3 is 0 Å². The lowest BCUT2D eigenvalue weighted by Crippen LogP contribution is -2.40. The summed E-state index contributed by atoms with van der Waals surface area (Å²) in [6, 6.07) is 6.50. The molecule has 0 radical (unpaired) electrons. The minimum absolute atomic E-state index is 0.532. The highest BCUT2D eigenvalue weighted by Crippen LogP contribution is 2.23. The third kappa shape index (κ3) is 3.58. The van der Waals surface area contributed by atoms with Crippen LogP contribution >= 0.6 is 0 Å². The van der Waals surface area contributed by atoms with Gasteiger partial charge in [-0.05, 0) is 38.1 Å². The third-order valence-corrected chi connectivity index (χ3v) is 4.02. The molecule has 21 heavy (non-hydrogen) atoms. The van der Waals surface area contributed by atoms with Crippen molar-refractivity contribution in [2.45, 2.75) is 25.4 Å². The first kappa shape index (κ1) is 14.0. The summed E-state index contributed by atoms with van der Waals surface area (Å²) < 4.78 is 1.98. The molecule has 112 valence electrons. The highest BCUT2D eigenvalue weighted by Gasteiger charge is 2.26. The zero-order valence-electron chi connectivity index (χ0n) is 12.5. The molecule has 2 aromatic rings. The van der Waals surface area contributed by atoms with Crippen molar-refractivity contribution < 1.29 is 0 Å². The molecule has 1 atom stereocenters. The van der Waals surface area contributed by atoms with Gasteiger partial charge in [-0.3, -0.25) is 4.68 Å². The molecule has 2 aromatic heterocycles. The average molecular weight is 286 g/mol. The van der Waals surface area contributed by atoms with Gasteiger partial charge in [-0.25, -0.2) is 0 Å². The van der Waals surface area contributed by atoms with Crippen molar-refractivity contribution in [3.63, 3.8) is 0 Å². The summed E-state index contributed by atoms with van der Waals surface area (Å²) in [6.45, 7) is 4.07. The third-order valence-electron chi connectivity index (χ3n) is 4.02. The molecular weight excluding hydrogens is 264 g/mol. The first-order valence-corrected chi connectivity index (χ1v) is 7.53.